The fourth-order valence-corrected chi connectivity index (χ4v) is 6.07. The van der Waals surface area contributed by atoms with Gasteiger partial charge in [0, 0.05) is 53.0 Å². The summed E-state index contributed by atoms with van der Waals surface area (Å²) in [5.41, 5.74) is 1.71. The predicted molar refractivity (Wildman–Crippen MR) is 128 cm³/mol. The lowest BCUT2D eigenvalue weighted by molar-refractivity contribution is -0.115. The van der Waals surface area contributed by atoms with E-state index < -0.39 is 0 Å². The van der Waals surface area contributed by atoms with E-state index in [4.69, 9.17) is 35.4 Å². The lowest BCUT2D eigenvalue weighted by Gasteiger charge is -2.43. The number of hydrogen-bond acceptors (Lipinski definition) is 4. The van der Waals surface area contributed by atoms with Gasteiger partial charge in [-0.3, -0.25) is 9.59 Å². The normalized spacial score (nSPS) is 21.0. The van der Waals surface area contributed by atoms with Gasteiger partial charge in [-0.2, -0.15) is 0 Å². The quantitative estimate of drug-likeness (QED) is 0.648. The smallest absolute Gasteiger partial charge is 0.250 e. The molecule has 2 aliphatic heterocycles. The third-order valence-corrected chi connectivity index (χ3v) is 7.53. The number of thiocarbonyl (C=S) groups is 1. The number of rotatable bonds is 3. The fraction of sp³-hybridized carbons (Fsp3) is 0.381. The van der Waals surface area contributed by atoms with Crippen LogP contribution in [-0.4, -0.2) is 38.0 Å². The molecule has 3 heterocycles. The molecule has 9 heteroatoms. The van der Waals surface area contributed by atoms with E-state index in [0.29, 0.717) is 26.0 Å². The number of nitrogens with one attached hydrogen (secondary N) is 1. The van der Waals surface area contributed by atoms with Gasteiger partial charge in [0.15, 0.2) is 0 Å². The van der Waals surface area contributed by atoms with Crippen LogP contribution in [0.2, 0.25) is 10.0 Å². The molecule has 2 aliphatic rings. The van der Waals surface area contributed by atoms with Crippen molar-refractivity contribution in [2.24, 2.45) is 5.92 Å². The van der Waals surface area contributed by atoms with E-state index >= 15 is 0 Å². The number of piperidine rings is 1. The average molecular weight is 482 g/mol. The molecule has 0 saturated carbocycles. The number of hydrogen-bond donors (Lipinski definition) is 1. The van der Waals surface area contributed by atoms with Gasteiger partial charge in [-0.25, -0.2) is 0 Å². The van der Waals surface area contributed by atoms with E-state index in [2.05, 4.69) is 10.2 Å². The minimum absolute atomic E-state index is 0.0685. The van der Waals surface area contributed by atoms with Crippen LogP contribution >= 0.6 is 47.2 Å². The van der Waals surface area contributed by atoms with Crippen molar-refractivity contribution in [1.82, 2.24) is 9.47 Å². The number of thioether (sulfide) groups is 1. The second-order valence-electron chi connectivity index (χ2n) is 7.78. The zero-order valence-corrected chi connectivity index (χ0v) is 19.5. The van der Waals surface area contributed by atoms with Gasteiger partial charge in [0.2, 0.25) is 5.91 Å². The van der Waals surface area contributed by atoms with Crippen LogP contribution in [0.1, 0.15) is 25.0 Å². The number of aromatic nitrogens is 1. The van der Waals surface area contributed by atoms with Crippen LogP contribution in [0.15, 0.2) is 41.2 Å². The molecule has 1 amide bonds. The first-order valence-corrected chi connectivity index (χ1v) is 11.8. The monoisotopic (exact) mass is 481 g/mol. The van der Waals surface area contributed by atoms with Gasteiger partial charge < -0.3 is 14.8 Å². The number of carbonyl (C=O) groups excluding carboxylic acids is 1. The number of benzene rings is 1. The first kappa shape index (κ1) is 21.7. The Morgan fingerprint density at radius 3 is 2.67 bits per heavy atom. The summed E-state index contributed by atoms with van der Waals surface area (Å²) in [5.74, 6) is 0.505. The van der Waals surface area contributed by atoms with Gasteiger partial charge in [0.05, 0.1) is 5.25 Å². The third kappa shape index (κ3) is 4.69. The van der Waals surface area contributed by atoms with E-state index in [1.54, 1.807) is 24.3 Å². The first-order valence-electron chi connectivity index (χ1n) is 9.72. The first-order chi connectivity index (χ1) is 14.3. The Morgan fingerprint density at radius 1 is 1.20 bits per heavy atom. The molecule has 1 aromatic heterocycles. The Balaban J connectivity index is 1.39. The van der Waals surface area contributed by atoms with Crippen molar-refractivity contribution in [3.63, 3.8) is 0 Å². The van der Waals surface area contributed by atoms with Gasteiger partial charge >= 0.3 is 0 Å². The van der Waals surface area contributed by atoms with Crippen LogP contribution in [0.4, 0.5) is 5.69 Å². The number of fused-ring (bicyclic) bond motifs is 4. The second kappa shape index (κ2) is 8.91. The zero-order chi connectivity index (χ0) is 21.4. The van der Waals surface area contributed by atoms with Crippen molar-refractivity contribution in [1.29, 1.82) is 0 Å². The molecule has 5 nitrogen and oxygen atoms in total. The van der Waals surface area contributed by atoms with Crippen LogP contribution in [0.3, 0.4) is 0 Å². The fourth-order valence-electron chi connectivity index (χ4n) is 4.19. The predicted octanol–water partition coefficient (Wildman–Crippen LogP) is 4.62. The van der Waals surface area contributed by atoms with Gasteiger partial charge in [0.1, 0.15) is 4.32 Å². The summed E-state index contributed by atoms with van der Waals surface area (Å²) in [5, 5.41) is 3.41. The maximum atomic E-state index is 12.6. The highest BCUT2D eigenvalue weighted by molar-refractivity contribution is 8.23. The van der Waals surface area contributed by atoms with Crippen LogP contribution in [0.25, 0.3) is 0 Å². The second-order valence-corrected chi connectivity index (χ2v) is 10.6. The largest absolute Gasteiger partial charge is 0.356 e. The molecule has 4 rings (SSSR count). The summed E-state index contributed by atoms with van der Waals surface area (Å²) in [6.07, 6.45) is 1.07. The minimum Gasteiger partial charge on any atom is -0.356 e. The molecule has 158 valence electrons. The molecule has 1 N–H and O–H groups in total. The van der Waals surface area contributed by atoms with E-state index in [-0.39, 0.29) is 22.6 Å². The Kier molecular flexibility index (Phi) is 6.44. The van der Waals surface area contributed by atoms with E-state index in [1.807, 2.05) is 23.6 Å². The summed E-state index contributed by atoms with van der Waals surface area (Å²) in [6, 6.07) is 10.4. The van der Waals surface area contributed by atoms with Crippen molar-refractivity contribution >= 4 is 63.1 Å². The molecule has 0 aliphatic carbocycles. The summed E-state index contributed by atoms with van der Waals surface area (Å²) in [6.45, 7) is 4.13. The number of amides is 1. The Morgan fingerprint density at radius 2 is 1.93 bits per heavy atom. The summed E-state index contributed by atoms with van der Waals surface area (Å²) in [4.78, 5) is 27.0. The average Bonchev–Trinajstić information content (AvgIpc) is 2.67. The van der Waals surface area contributed by atoms with Crippen molar-refractivity contribution in [2.45, 2.75) is 31.1 Å². The maximum Gasteiger partial charge on any atom is 0.250 e. The molecule has 0 spiro atoms. The van der Waals surface area contributed by atoms with Crippen LogP contribution in [0.5, 0.6) is 0 Å². The molecule has 1 saturated heterocycles. The lowest BCUT2D eigenvalue weighted by Crippen LogP contribution is -2.48. The number of carbonyl (C=O) groups is 1. The van der Waals surface area contributed by atoms with Gasteiger partial charge in [-0.1, -0.05) is 53.2 Å². The van der Waals surface area contributed by atoms with Crippen LogP contribution < -0.4 is 10.9 Å². The SMILES string of the molecule is C[C@H](SC(=S)N1C[C@H]2C[C@@H](C1)c1cccc(=O)n1C2)C(=O)Nc1cc(Cl)cc(Cl)c1. The maximum absolute atomic E-state index is 12.6. The number of likely N-dealkylation sites (tertiary alicyclic amines) is 1. The number of anilines is 1. The van der Waals surface area contributed by atoms with Crippen molar-refractivity contribution in [3.05, 3.63) is 62.5 Å². The van der Waals surface area contributed by atoms with Crippen LogP contribution in [-0.2, 0) is 11.3 Å². The minimum atomic E-state index is -0.369. The van der Waals surface area contributed by atoms with Crippen molar-refractivity contribution < 1.29 is 4.79 Å². The highest BCUT2D eigenvalue weighted by atomic mass is 35.5. The van der Waals surface area contributed by atoms with Gasteiger partial charge in [-0.15, -0.1) is 0 Å². The molecule has 3 atom stereocenters. The van der Waals surface area contributed by atoms with E-state index in [9.17, 15) is 9.59 Å². The number of halogens is 2. The lowest BCUT2D eigenvalue weighted by atomic mass is 9.83. The standard InChI is InChI=1S/C21H21Cl2N3O2S2/c1-12(20(28)24-17-7-15(22)6-16(23)8-17)30-21(29)25-9-13-5-14(11-25)18-3-2-4-19(27)26(18)10-13/h2-4,6-8,12-14H,5,9-11H2,1H3,(H,24,28)/t12-,13+,14-/m0/s1. The molecule has 2 aromatic rings. The van der Waals surface area contributed by atoms with E-state index in [0.717, 1.165) is 31.7 Å². The molecule has 0 unspecified atom stereocenters. The van der Waals surface area contributed by atoms with Crippen molar-refractivity contribution in [3.8, 4) is 0 Å². The molecule has 2 bridgehead atoms. The topological polar surface area (TPSA) is 54.3 Å². The number of nitrogens with zero attached hydrogens (tertiary/aromatic N) is 2. The summed E-state index contributed by atoms with van der Waals surface area (Å²) < 4.78 is 2.61. The third-order valence-electron chi connectivity index (χ3n) is 5.51. The summed E-state index contributed by atoms with van der Waals surface area (Å²) >= 11 is 19.1. The van der Waals surface area contributed by atoms with Gasteiger partial charge in [-0.05, 0) is 43.5 Å². The highest BCUT2D eigenvalue weighted by Crippen LogP contribution is 2.36. The molecule has 1 aromatic carbocycles. The van der Waals surface area contributed by atoms with Crippen molar-refractivity contribution in [2.75, 3.05) is 18.4 Å². The molecular formula is C21H21Cl2N3O2S2. The Bertz CT molecular complexity index is 1040. The van der Waals surface area contributed by atoms with Gasteiger partial charge in [0.25, 0.3) is 5.56 Å². The highest BCUT2D eigenvalue weighted by Gasteiger charge is 2.35. The van der Waals surface area contributed by atoms with Crippen LogP contribution in [0, 0.1) is 5.92 Å². The Hall–Kier alpha value is -1.54. The van der Waals surface area contributed by atoms with E-state index in [1.165, 1.54) is 11.8 Å². The number of pyridine rings is 1. The Labute approximate surface area is 194 Å². The molecule has 1 fully saturated rings. The molecule has 30 heavy (non-hydrogen) atoms. The summed E-state index contributed by atoms with van der Waals surface area (Å²) in [7, 11) is 0. The molecule has 0 radical (unpaired) electrons. The molecular weight excluding hydrogens is 461 g/mol. The zero-order valence-electron chi connectivity index (χ0n) is 16.3.